The fourth-order valence-electron chi connectivity index (χ4n) is 12.3. The van der Waals surface area contributed by atoms with Crippen LogP contribution in [0.2, 0.25) is 0 Å². The van der Waals surface area contributed by atoms with Crippen LogP contribution >= 0.6 is 0 Å². The maximum Gasteiger partial charge on any atom is 0.159 e. The van der Waals surface area contributed by atoms with Gasteiger partial charge in [-0.3, -0.25) is 0 Å². The molecule has 1 unspecified atom stereocenters. The Balaban J connectivity index is 1.05. The third kappa shape index (κ3) is 5.34. The second-order valence-corrected chi connectivity index (χ2v) is 18.6. The predicted octanol–water partition coefficient (Wildman–Crippen LogP) is 18.2. The average Bonchev–Trinajstić information content (AvgIpc) is 3.88. The zero-order valence-corrected chi connectivity index (χ0v) is 37.9. The lowest BCUT2D eigenvalue weighted by Gasteiger charge is -2.36. The zero-order chi connectivity index (χ0) is 45.9. The van der Waals surface area contributed by atoms with Gasteiger partial charge in [0.25, 0.3) is 0 Å². The first kappa shape index (κ1) is 38.9. The molecule has 1 aliphatic heterocycles. The molecule has 3 aliphatic rings. The molecule has 326 valence electrons. The van der Waals surface area contributed by atoms with E-state index in [4.69, 9.17) is 9.15 Å². The molecular weight excluding hydrogens is 851 g/mol. The van der Waals surface area contributed by atoms with Crippen molar-refractivity contribution >= 4 is 39.0 Å². The van der Waals surface area contributed by atoms with Crippen molar-refractivity contribution in [3.8, 4) is 78.3 Å². The van der Waals surface area contributed by atoms with Crippen molar-refractivity contribution in [1.29, 1.82) is 0 Å². The van der Waals surface area contributed by atoms with Crippen LogP contribution in [0.3, 0.4) is 0 Å². The van der Waals surface area contributed by atoms with Crippen LogP contribution in [0, 0.1) is 0 Å². The second kappa shape index (κ2) is 14.9. The molecule has 0 N–H and O–H groups in total. The number of fused-ring (bicyclic) bond motifs is 21. The first-order valence-corrected chi connectivity index (χ1v) is 24.1. The van der Waals surface area contributed by atoms with E-state index in [0.717, 1.165) is 95.0 Å². The lowest BCUT2D eigenvalue weighted by atomic mass is 9.66. The van der Waals surface area contributed by atoms with Crippen molar-refractivity contribution in [3.63, 3.8) is 0 Å². The molecular formula is C67H41NO2. The van der Waals surface area contributed by atoms with Gasteiger partial charge in [0.1, 0.15) is 16.9 Å². The van der Waals surface area contributed by atoms with Gasteiger partial charge >= 0.3 is 0 Å². The Morgan fingerprint density at radius 1 is 0.329 bits per heavy atom. The largest absolute Gasteiger partial charge is 0.455 e. The lowest BCUT2D eigenvalue weighted by Crippen LogP contribution is -2.29. The third-order valence-corrected chi connectivity index (χ3v) is 15.1. The Morgan fingerprint density at radius 3 is 1.67 bits per heavy atom. The smallest absolute Gasteiger partial charge is 0.159 e. The Bertz CT molecular complexity index is 4130. The number of hydrogen-bond acceptors (Lipinski definition) is 3. The summed E-state index contributed by atoms with van der Waals surface area (Å²) < 4.78 is 14.2. The second-order valence-electron chi connectivity index (χ2n) is 18.6. The van der Waals surface area contributed by atoms with Gasteiger partial charge in [-0.25, -0.2) is 0 Å². The molecule has 11 aromatic carbocycles. The lowest BCUT2D eigenvalue weighted by molar-refractivity contribution is 0.489. The number of ether oxygens (including phenoxy) is 1. The quantitative estimate of drug-likeness (QED) is 0.176. The van der Waals surface area contributed by atoms with Crippen LogP contribution in [0.25, 0.3) is 88.7 Å². The summed E-state index contributed by atoms with van der Waals surface area (Å²) >= 11 is 0. The van der Waals surface area contributed by atoms with Crippen LogP contribution in [0.4, 0.5) is 17.1 Å². The molecule has 3 nitrogen and oxygen atoms in total. The number of para-hydroxylation sites is 4. The SMILES string of the molecule is c1ccc(-c2ccccc2N(c2ccc3c(c2)-c2ccccc2-c2ccccc2C32c3ccccc3-c3c2ccc2c3oc3ccccc32)c2cccc3c2Oc2ccccc2-c2ccccc2-3)cc1. The van der Waals surface area contributed by atoms with E-state index in [1.807, 2.05) is 0 Å². The fourth-order valence-corrected chi connectivity index (χ4v) is 12.3. The van der Waals surface area contributed by atoms with Crippen molar-refractivity contribution in [3.05, 3.63) is 271 Å². The van der Waals surface area contributed by atoms with Crippen molar-refractivity contribution in [2.45, 2.75) is 5.41 Å². The molecule has 15 rings (SSSR count). The van der Waals surface area contributed by atoms with Gasteiger partial charge in [0.15, 0.2) is 5.75 Å². The van der Waals surface area contributed by atoms with E-state index in [1.54, 1.807) is 0 Å². The standard InChI is InChI=1S/C67H41NO2/c1-2-19-42(20-3-1)44-21-10-15-33-60(44)68(61-34-18-30-52-47-24-6-5-23-46(47)50-27-11-16-35-62(50)69-65(52)61)43-37-39-58-55(41-43)48-25-7-4-22-45(48)49-26-8-13-31-56(49)67(58)57-32-14-9-29-54(57)64-59(67)40-38-53-51-28-12-17-36-63(51)70-66(53)64/h1-41H. The summed E-state index contributed by atoms with van der Waals surface area (Å²) in [7, 11) is 0. The van der Waals surface area contributed by atoms with Crippen LogP contribution in [0.15, 0.2) is 253 Å². The summed E-state index contributed by atoms with van der Waals surface area (Å²) in [5.74, 6) is 1.63. The summed E-state index contributed by atoms with van der Waals surface area (Å²) in [6, 6.07) is 90.6. The highest BCUT2D eigenvalue weighted by Crippen LogP contribution is 2.64. The first-order valence-electron chi connectivity index (χ1n) is 24.1. The van der Waals surface area contributed by atoms with Gasteiger partial charge in [0, 0.05) is 38.7 Å². The highest BCUT2D eigenvalue weighted by molar-refractivity contribution is 6.13. The highest BCUT2D eigenvalue weighted by atomic mass is 16.5. The molecule has 0 saturated heterocycles. The van der Waals surface area contributed by atoms with Crippen molar-refractivity contribution in [1.82, 2.24) is 0 Å². The topological polar surface area (TPSA) is 25.6 Å². The normalized spacial score (nSPS) is 14.5. The van der Waals surface area contributed by atoms with Gasteiger partial charge in [0.05, 0.1) is 16.8 Å². The van der Waals surface area contributed by atoms with E-state index in [2.05, 4.69) is 254 Å². The maximum absolute atomic E-state index is 7.28. The molecule has 1 spiro atoms. The number of benzene rings is 11. The molecule has 2 heterocycles. The Kier molecular flexibility index (Phi) is 8.28. The molecule has 12 aromatic rings. The highest BCUT2D eigenvalue weighted by Gasteiger charge is 2.51. The number of rotatable bonds is 4. The van der Waals surface area contributed by atoms with Crippen LogP contribution in [0.1, 0.15) is 22.3 Å². The Morgan fingerprint density at radius 2 is 0.871 bits per heavy atom. The molecule has 0 fully saturated rings. The van der Waals surface area contributed by atoms with Gasteiger partial charge in [0.2, 0.25) is 0 Å². The Hall–Kier alpha value is -9.18. The van der Waals surface area contributed by atoms with E-state index >= 15 is 0 Å². The minimum Gasteiger partial charge on any atom is -0.455 e. The predicted molar refractivity (Wildman–Crippen MR) is 287 cm³/mol. The Labute approximate surface area is 405 Å². The van der Waals surface area contributed by atoms with Gasteiger partial charge < -0.3 is 14.1 Å². The van der Waals surface area contributed by atoms with Gasteiger partial charge in [-0.15, -0.1) is 0 Å². The van der Waals surface area contributed by atoms with E-state index in [0.29, 0.717) is 0 Å². The molecule has 0 saturated carbocycles. The van der Waals surface area contributed by atoms with Crippen LogP contribution in [-0.4, -0.2) is 0 Å². The summed E-state index contributed by atoms with van der Waals surface area (Å²) in [5, 5.41) is 2.26. The molecule has 70 heavy (non-hydrogen) atoms. The maximum atomic E-state index is 7.28. The monoisotopic (exact) mass is 891 g/mol. The summed E-state index contributed by atoms with van der Waals surface area (Å²) in [5.41, 5.74) is 22.8. The van der Waals surface area contributed by atoms with E-state index < -0.39 is 5.41 Å². The molecule has 1 aromatic heterocycles. The van der Waals surface area contributed by atoms with Crippen LogP contribution in [0.5, 0.6) is 11.5 Å². The van der Waals surface area contributed by atoms with Crippen LogP contribution in [-0.2, 0) is 5.41 Å². The minimum atomic E-state index is -0.699. The van der Waals surface area contributed by atoms with Crippen molar-refractivity contribution < 1.29 is 9.15 Å². The van der Waals surface area contributed by atoms with Crippen molar-refractivity contribution in [2.75, 3.05) is 4.90 Å². The minimum absolute atomic E-state index is 0.699. The molecule has 1 atom stereocenters. The molecule has 0 bridgehead atoms. The number of nitrogens with zero attached hydrogens (tertiary/aromatic N) is 1. The molecule has 0 radical (unpaired) electrons. The summed E-state index contributed by atoms with van der Waals surface area (Å²) in [4.78, 5) is 2.43. The van der Waals surface area contributed by atoms with E-state index in [9.17, 15) is 0 Å². The summed E-state index contributed by atoms with van der Waals surface area (Å²) in [6.07, 6.45) is 0. The zero-order valence-electron chi connectivity index (χ0n) is 37.9. The molecule has 3 heteroatoms. The van der Waals surface area contributed by atoms with Crippen molar-refractivity contribution in [2.24, 2.45) is 0 Å². The average molecular weight is 892 g/mol. The summed E-state index contributed by atoms with van der Waals surface area (Å²) in [6.45, 7) is 0. The van der Waals surface area contributed by atoms with Gasteiger partial charge in [-0.1, -0.05) is 212 Å². The molecule has 2 aliphatic carbocycles. The fraction of sp³-hybridized carbons (Fsp3) is 0.0149. The van der Waals surface area contributed by atoms with E-state index in [1.165, 1.54) is 44.5 Å². The number of hydrogen-bond donors (Lipinski definition) is 0. The third-order valence-electron chi connectivity index (χ3n) is 15.1. The van der Waals surface area contributed by atoms with Gasteiger partial charge in [-0.05, 0) is 103 Å². The number of anilines is 3. The van der Waals surface area contributed by atoms with E-state index in [-0.39, 0.29) is 0 Å². The number of furan rings is 1. The van der Waals surface area contributed by atoms with Crippen LogP contribution < -0.4 is 9.64 Å². The first-order chi connectivity index (χ1) is 34.8. The van der Waals surface area contributed by atoms with Gasteiger partial charge in [-0.2, -0.15) is 0 Å². The molecule has 0 amide bonds.